The molecule has 0 amide bonds. The first kappa shape index (κ1) is 14.8. The van der Waals surface area contributed by atoms with Gasteiger partial charge in [0.25, 0.3) is 0 Å². The van der Waals surface area contributed by atoms with Crippen LogP contribution in [0, 0.1) is 5.92 Å². The van der Waals surface area contributed by atoms with E-state index in [-0.39, 0.29) is 5.92 Å². The molecule has 1 N–H and O–H groups in total. The Bertz CT molecular complexity index is 363. The van der Waals surface area contributed by atoms with Crippen molar-refractivity contribution < 1.29 is 14.6 Å². The van der Waals surface area contributed by atoms with Gasteiger partial charge in [-0.3, -0.25) is 0 Å². The van der Waals surface area contributed by atoms with E-state index < -0.39 is 6.10 Å². The number of aliphatic hydroxyl groups is 1. The molecule has 1 aromatic carbocycles. The summed E-state index contributed by atoms with van der Waals surface area (Å²) >= 11 is 0. The van der Waals surface area contributed by atoms with Gasteiger partial charge in [-0.05, 0) is 30.5 Å². The molecule has 3 nitrogen and oxygen atoms in total. The van der Waals surface area contributed by atoms with E-state index in [0.717, 1.165) is 30.6 Å². The van der Waals surface area contributed by atoms with Crippen LogP contribution >= 0.6 is 0 Å². The minimum Gasteiger partial charge on any atom is -0.497 e. The lowest BCUT2D eigenvalue weighted by molar-refractivity contribution is 0.108. The number of methoxy groups -OCH3 is 2. The summed E-state index contributed by atoms with van der Waals surface area (Å²) in [5.41, 5.74) is 0.806. The van der Waals surface area contributed by atoms with Crippen LogP contribution in [0.2, 0.25) is 0 Å². The van der Waals surface area contributed by atoms with Crippen LogP contribution in [0.5, 0.6) is 11.5 Å². The Morgan fingerprint density at radius 2 is 1.94 bits per heavy atom. The third-order valence-electron chi connectivity index (χ3n) is 3.31. The zero-order chi connectivity index (χ0) is 13.5. The number of benzene rings is 1. The Hall–Kier alpha value is -1.22. The fourth-order valence-corrected chi connectivity index (χ4v) is 2.06. The highest BCUT2D eigenvalue weighted by Crippen LogP contribution is 2.34. The van der Waals surface area contributed by atoms with E-state index >= 15 is 0 Å². The Labute approximate surface area is 110 Å². The van der Waals surface area contributed by atoms with Crippen molar-refractivity contribution in [2.75, 3.05) is 14.2 Å². The SMILES string of the molecule is CCCCC(C)C(O)c1cc(OC)ccc1OC. The molecule has 0 radical (unpaired) electrons. The molecule has 0 fully saturated rings. The van der Waals surface area contributed by atoms with Crippen molar-refractivity contribution in [1.82, 2.24) is 0 Å². The first-order valence-electron chi connectivity index (χ1n) is 6.54. The molecule has 0 heterocycles. The number of hydrogen-bond donors (Lipinski definition) is 1. The Morgan fingerprint density at radius 3 is 2.50 bits per heavy atom. The minimum atomic E-state index is -0.512. The standard InChI is InChI=1S/C15H24O3/c1-5-6-7-11(2)15(16)13-10-12(17-3)8-9-14(13)18-4/h8-11,15-16H,5-7H2,1-4H3. The predicted octanol–water partition coefficient (Wildman–Crippen LogP) is 3.56. The summed E-state index contributed by atoms with van der Waals surface area (Å²) in [6.07, 6.45) is 2.77. The topological polar surface area (TPSA) is 38.7 Å². The predicted molar refractivity (Wildman–Crippen MR) is 73.2 cm³/mol. The van der Waals surface area contributed by atoms with Crippen molar-refractivity contribution in [1.29, 1.82) is 0 Å². The Morgan fingerprint density at radius 1 is 1.22 bits per heavy atom. The molecule has 0 aliphatic heterocycles. The lowest BCUT2D eigenvalue weighted by atomic mass is 9.92. The molecule has 0 bridgehead atoms. The summed E-state index contributed by atoms with van der Waals surface area (Å²) in [5.74, 6) is 1.67. The number of ether oxygens (including phenoxy) is 2. The maximum atomic E-state index is 10.4. The third kappa shape index (κ3) is 3.64. The number of aliphatic hydroxyl groups excluding tert-OH is 1. The van der Waals surface area contributed by atoms with Crippen molar-refractivity contribution in [2.24, 2.45) is 5.92 Å². The Kier molecular flexibility index (Phi) is 5.99. The van der Waals surface area contributed by atoms with Crippen molar-refractivity contribution in [3.05, 3.63) is 23.8 Å². The molecule has 0 aliphatic rings. The van der Waals surface area contributed by atoms with Gasteiger partial charge in [0, 0.05) is 5.56 Å². The highest BCUT2D eigenvalue weighted by Gasteiger charge is 2.20. The summed E-state index contributed by atoms with van der Waals surface area (Å²) in [4.78, 5) is 0. The molecule has 2 atom stereocenters. The van der Waals surface area contributed by atoms with E-state index in [0.29, 0.717) is 5.75 Å². The van der Waals surface area contributed by atoms with E-state index in [4.69, 9.17) is 9.47 Å². The van der Waals surface area contributed by atoms with Crippen molar-refractivity contribution in [3.8, 4) is 11.5 Å². The molecule has 18 heavy (non-hydrogen) atoms. The Balaban J connectivity index is 2.91. The van der Waals surface area contributed by atoms with Gasteiger partial charge in [-0.25, -0.2) is 0 Å². The van der Waals surface area contributed by atoms with Crippen LogP contribution in [0.25, 0.3) is 0 Å². The van der Waals surface area contributed by atoms with Crippen molar-refractivity contribution in [2.45, 2.75) is 39.2 Å². The molecular weight excluding hydrogens is 228 g/mol. The second-order valence-corrected chi connectivity index (χ2v) is 4.67. The molecule has 0 saturated carbocycles. The molecule has 3 heteroatoms. The summed E-state index contributed by atoms with van der Waals surface area (Å²) in [6.45, 7) is 4.23. The van der Waals surface area contributed by atoms with Gasteiger partial charge in [-0.2, -0.15) is 0 Å². The first-order chi connectivity index (χ1) is 8.63. The van der Waals surface area contributed by atoms with Crippen LogP contribution in [-0.2, 0) is 0 Å². The fourth-order valence-electron chi connectivity index (χ4n) is 2.06. The quantitative estimate of drug-likeness (QED) is 0.806. The van der Waals surface area contributed by atoms with Crippen LogP contribution in [0.15, 0.2) is 18.2 Å². The van der Waals surface area contributed by atoms with E-state index in [9.17, 15) is 5.11 Å². The van der Waals surface area contributed by atoms with E-state index in [1.807, 2.05) is 18.2 Å². The molecule has 2 unspecified atom stereocenters. The second-order valence-electron chi connectivity index (χ2n) is 4.67. The van der Waals surface area contributed by atoms with Gasteiger partial charge in [0.2, 0.25) is 0 Å². The van der Waals surface area contributed by atoms with Gasteiger partial charge in [0.1, 0.15) is 11.5 Å². The van der Waals surface area contributed by atoms with Crippen LogP contribution in [-0.4, -0.2) is 19.3 Å². The number of rotatable bonds is 7. The summed E-state index contributed by atoms with van der Waals surface area (Å²) in [5, 5.41) is 10.4. The summed E-state index contributed by atoms with van der Waals surface area (Å²) in [6, 6.07) is 5.53. The normalized spacial score (nSPS) is 14.1. The molecule has 1 aromatic rings. The first-order valence-corrected chi connectivity index (χ1v) is 6.54. The van der Waals surface area contributed by atoms with Gasteiger partial charge >= 0.3 is 0 Å². The second kappa shape index (κ2) is 7.27. The lowest BCUT2D eigenvalue weighted by Crippen LogP contribution is -2.10. The monoisotopic (exact) mass is 252 g/mol. The number of unbranched alkanes of at least 4 members (excludes halogenated alkanes) is 1. The highest BCUT2D eigenvalue weighted by atomic mass is 16.5. The average molecular weight is 252 g/mol. The van der Waals surface area contributed by atoms with Gasteiger partial charge < -0.3 is 14.6 Å². The van der Waals surface area contributed by atoms with Crippen molar-refractivity contribution >= 4 is 0 Å². The lowest BCUT2D eigenvalue weighted by Gasteiger charge is -2.21. The van der Waals surface area contributed by atoms with Crippen molar-refractivity contribution in [3.63, 3.8) is 0 Å². The smallest absolute Gasteiger partial charge is 0.124 e. The minimum absolute atomic E-state index is 0.214. The highest BCUT2D eigenvalue weighted by molar-refractivity contribution is 5.41. The van der Waals surface area contributed by atoms with E-state index in [1.165, 1.54) is 0 Å². The molecule has 0 aromatic heterocycles. The molecule has 102 valence electrons. The largest absolute Gasteiger partial charge is 0.497 e. The van der Waals surface area contributed by atoms with Crippen LogP contribution in [0.3, 0.4) is 0 Å². The fraction of sp³-hybridized carbons (Fsp3) is 0.600. The molecule has 0 saturated heterocycles. The van der Waals surface area contributed by atoms with Gasteiger partial charge in [-0.1, -0.05) is 26.7 Å². The summed E-state index contributed by atoms with van der Waals surface area (Å²) in [7, 11) is 3.24. The van der Waals surface area contributed by atoms with E-state index in [1.54, 1.807) is 14.2 Å². The molecule has 0 aliphatic carbocycles. The van der Waals surface area contributed by atoms with Gasteiger partial charge in [0.15, 0.2) is 0 Å². The van der Waals surface area contributed by atoms with Crippen LogP contribution in [0.1, 0.15) is 44.8 Å². The summed E-state index contributed by atoms with van der Waals surface area (Å²) < 4.78 is 10.5. The maximum absolute atomic E-state index is 10.4. The third-order valence-corrected chi connectivity index (χ3v) is 3.31. The zero-order valence-electron chi connectivity index (χ0n) is 11.8. The molecule has 1 rings (SSSR count). The van der Waals surface area contributed by atoms with Crippen LogP contribution in [0.4, 0.5) is 0 Å². The van der Waals surface area contributed by atoms with Gasteiger partial charge in [-0.15, -0.1) is 0 Å². The van der Waals surface area contributed by atoms with E-state index in [2.05, 4.69) is 13.8 Å². The van der Waals surface area contributed by atoms with Gasteiger partial charge in [0.05, 0.1) is 20.3 Å². The average Bonchev–Trinajstić information content (AvgIpc) is 2.43. The zero-order valence-corrected chi connectivity index (χ0v) is 11.8. The van der Waals surface area contributed by atoms with Crippen LogP contribution < -0.4 is 9.47 Å². The maximum Gasteiger partial charge on any atom is 0.124 e. The number of hydrogen-bond acceptors (Lipinski definition) is 3. The molecular formula is C15H24O3. The molecule has 0 spiro atoms.